The second-order valence-corrected chi connectivity index (χ2v) is 7.48. The van der Waals surface area contributed by atoms with E-state index in [-0.39, 0.29) is 11.5 Å². The van der Waals surface area contributed by atoms with E-state index in [9.17, 15) is 9.90 Å². The lowest BCUT2D eigenvalue weighted by Crippen LogP contribution is -2.70. The molecule has 3 aliphatic heterocycles. The Morgan fingerprint density at radius 3 is 3.00 bits per heavy atom. The zero-order valence-electron chi connectivity index (χ0n) is 13.0. The quantitative estimate of drug-likeness (QED) is 0.748. The zero-order chi connectivity index (χ0) is 14.8. The number of rotatable bonds is 1. The molecule has 116 valence electrons. The number of hydrogen-bond acceptors (Lipinski definition) is 4. The molecule has 3 heterocycles. The first-order chi connectivity index (χ1) is 10.1. The van der Waals surface area contributed by atoms with E-state index in [4.69, 9.17) is 4.74 Å². The fourth-order valence-corrected chi connectivity index (χ4v) is 5.77. The van der Waals surface area contributed by atoms with Crippen molar-refractivity contribution in [1.29, 1.82) is 0 Å². The molecule has 5 unspecified atom stereocenters. The summed E-state index contributed by atoms with van der Waals surface area (Å²) in [5, 5.41) is 10.7. The number of aliphatic hydroxyl groups is 1. The number of esters is 1. The Morgan fingerprint density at radius 2 is 2.24 bits per heavy atom. The standard InChI is InChI=1S/C17H25NO3/c1-10-8-17-13-4-3-5-18(17)9-11(10)6-14(17)12(7-15(13)19)16(20)21-2/h10-11,13,15,19H,3-9H2,1-2H3. The van der Waals surface area contributed by atoms with Crippen LogP contribution in [0.3, 0.4) is 0 Å². The maximum Gasteiger partial charge on any atom is 0.333 e. The Balaban J connectivity index is 1.89. The van der Waals surface area contributed by atoms with Crippen LogP contribution in [0.4, 0.5) is 0 Å². The van der Waals surface area contributed by atoms with Gasteiger partial charge in [-0.3, -0.25) is 4.90 Å². The first-order valence-electron chi connectivity index (χ1n) is 8.32. The highest BCUT2D eigenvalue weighted by atomic mass is 16.5. The van der Waals surface area contributed by atoms with E-state index in [0.717, 1.165) is 37.9 Å². The smallest absolute Gasteiger partial charge is 0.333 e. The molecule has 0 aromatic heterocycles. The molecule has 0 aromatic rings. The molecule has 21 heavy (non-hydrogen) atoms. The summed E-state index contributed by atoms with van der Waals surface area (Å²) in [7, 11) is 1.45. The Labute approximate surface area is 126 Å². The first kappa shape index (κ1) is 13.8. The van der Waals surface area contributed by atoms with E-state index in [1.54, 1.807) is 0 Å². The molecule has 4 nitrogen and oxygen atoms in total. The molecule has 0 radical (unpaired) electrons. The summed E-state index contributed by atoms with van der Waals surface area (Å²) in [5.74, 6) is 1.44. The van der Waals surface area contributed by atoms with Gasteiger partial charge in [0.05, 0.1) is 13.2 Å². The van der Waals surface area contributed by atoms with Crippen molar-refractivity contribution in [3.8, 4) is 0 Å². The van der Waals surface area contributed by atoms with Gasteiger partial charge in [0, 0.05) is 30.0 Å². The third-order valence-electron chi connectivity index (χ3n) is 6.68. The van der Waals surface area contributed by atoms with Crippen LogP contribution in [0, 0.1) is 17.8 Å². The zero-order valence-corrected chi connectivity index (χ0v) is 13.0. The van der Waals surface area contributed by atoms with Crippen molar-refractivity contribution in [2.45, 2.75) is 50.7 Å². The van der Waals surface area contributed by atoms with E-state index in [2.05, 4.69) is 11.8 Å². The lowest BCUT2D eigenvalue weighted by Gasteiger charge is -2.66. The summed E-state index contributed by atoms with van der Waals surface area (Å²) in [6, 6.07) is 0. The van der Waals surface area contributed by atoms with Crippen molar-refractivity contribution in [3.05, 3.63) is 11.1 Å². The van der Waals surface area contributed by atoms with E-state index >= 15 is 0 Å². The number of nitrogens with zero attached hydrogens (tertiary/aromatic N) is 1. The molecule has 1 spiro atoms. The lowest BCUT2D eigenvalue weighted by molar-refractivity contribution is -0.142. The van der Waals surface area contributed by atoms with Gasteiger partial charge in [-0.1, -0.05) is 6.92 Å². The van der Waals surface area contributed by atoms with Gasteiger partial charge >= 0.3 is 5.97 Å². The summed E-state index contributed by atoms with van der Waals surface area (Å²) < 4.78 is 5.01. The van der Waals surface area contributed by atoms with Gasteiger partial charge in [0.25, 0.3) is 0 Å². The molecular formula is C17H25NO3. The van der Waals surface area contributed by atoms with Crippen LogP contribution in [0.15, 0.2) is 11.1 Å². The highest BCUT2D eigenvalue weighted by Crippen LogP contribution is 2.59. The SMILES string of the molecule is COC(=O)C1=C2CC3CN4CCCC(C(O)C1)C24CC3C. The lowest BCUT2D eigenvalue weighted by atomic mass is 9.51. The second kappa shape index (κ2) is 4.56. The minimum atomic E-state index is -0.396. The average Bonchev–Trinajstić information content (AvgIpc) is 2.49. The van der Waals surface area contributed by atoms with Crippen LogP contribution in [0.1, 0.15) is 39.0 Å². The predicted molar refractivity (Wildman–Crippen MR) is 78.6 cm³/mol. The van der Waals surface area contributed by atoms with Gasteiger partial charge in [0.2, 0.25) is 0 Å². The molecule has 4 heteroatoms. The highest BCUT2D eigenvalue weighted by Gasteiger charge is 2.61. The fraction of sp³-hybridized carbons (Fsp3) is 0.824. The number of carbonyl (C=O) groups excluding carboxylic acids is 1. The van der Waals surface area contributed by atoms with Gasteiger partial charge in [0.1, 0.15) is 0 Å². The van der Waals surface area contributed by atoms with Crippen LogP contribution < -0.4 is 0 Å². The van der Waals surface area contributed by atoms with Gasteiger partial charge in [-0.2, -0.15) is 0 Å². The topological polar surface area (TPSA) is 49.8 Å². The summed E-state index contributed by atoms with van der Waals surface area (Å²) in [6.07, 6.45) is 4.50. The van der Waals surface area contributed by atoms with E-state index in [0.29, 0.717) is 24.2 Å². The van der Waals surface area contributed by atoms with Crippen LogP contribution in [-0.4, -0.2) is 47.8 Å². The monoisotopic (exact) mass is 291 g/mol. The summed E-state index contributed by atoms with van der Waals surface area (Å²) >= 11 is 0. The minimum Gasteiger partial charge on any atom is -0.466 e. The van der Waals surface area contributed by atoms with Gasteiger partial charge < -0.3 is 9.84 Å². The maximum absolute atomic E-state index is 12.2. The highest BCUT2D eigenvalue weighted by molar-refractivity contribution is 5.90. The molecular weight excluding hydrogens is 266 g/mol. The van der Waals surface area contributed by atoms with Gasteiger partial charge in [-0.05, 0) is 49.6 Å². The van der Waals surface area contributed by atoms with Gasteiger partial charge in [-0.15, -0.1) is 0 Å². The summed E-state index contributed by atoms with van der Waals surface area (Å²) in [5.41, 5.74) is 2.05. The maximum atomic E-state index is 12.2. The van der Waals surface area contributed by atoms with Crippen LogP contribution >= 0.6 is 0 Å². The first-order valence-corrected chi connectivity index (χ1v) is 8.32. The van der Waals surface area contributed by atoms with Gasteiger partial charge in [-0.25, -0.2) is 4.79 Å². The van der Waals surface area contributed by atoms with Crippen LogP contribution in [0.5, 0.6) is 0 Å². The van der Waals surface area contributed by atoms with Crippen molar-refractivity contribution < 1.29 is 14.6 Å². The number of methoxy groups -OCH3 is 1. The third-order valence-corrected chi connectivity index (χ3v) is 6.68. The number of fused-ring (bicyclic) bond motifs is 1. The van der Waals surface area contributed by atoms with Crippen LogP contribution in [-0.2, 0) is 9.53 Å². The summed E-state index contributed by atoms with van der Waals surface area (Å²) in [6.45, 7) is 4.60. The second-order valence-electron chi connectivity index (χ2n) is 7.48. The van der Waals surface area contributed by atoms with Crippen LogP contribution in [0.25, 0.3) is 0 Å². The van der Waals surface area contributed by atoms with E-state index in [1.807, 2.05) is 0 Å². The molecule has 1 N–H and O–H groups in total. The van der Waals surface area contributed by atoms with Crippen molar-refractivity contribution in [3.63, 3.8) is 0 Å². The Bertz CT molecular complexity index is 514. The van der Waals surface area contributed by atoms with Crippen molar-refractivity contribution in [2.24, 2.45) is 17.8 Å². The number of ether oxygens (including phenoxy) is 1. The molecule has 5 atom stereocenters. The molecule has 2 bridgehead atoms. The molecule has 0 aromatic carbocycles. The molecule has 0 amide bonds. The molecule has 2 aliphatic carbocycles. The minimum absolute atomic E-state index is 0.0480. The number of piperidine rings is 3. The number of aliphatic hydroxyl groups excluding tert-OH is 1. The molecule has 5 rings (SSSR count). The van der Waals surface area contributed by atoms with E-state index < -0.39 is 6.10 Å². The Morgan fingerprint density at radius 1 is 1.43 bits per heavy atom. The van der Waals surface area contributed by atoms with Crippen molar-refractivity contribution in [1.82, 2.24) is 4.90 Å². The van der Waals surface area contributed by atoms with Crippen LogP contribution in [0.2, 0.25) is 0 Å². The Hall–Kier alpha value is -0.870. The molecule has 1 saturated carbocycles. The molecule has 4 fully saturated rings. The van der Waals surface area contributed by atoms with Gasteiger partial charge in [0.15, 0.2) is 0 Å². The normalized spacial score (nSPS) is 45.5. The predicted octanol–water partition coefficient (Wildman–Crippen LogP) is 1.73. The number of carbonyl (C=O) groups is 1. The summed E-state index contributed by atoms with van der Waals surface area (Å²) in [4.78, 5) is 14.8. The Kier molecular flexibility index (Phi) is 2.99. The number of hydrogen-bond donors (Lipinski definition) is 1. The average molecular weight is 291 g/mol. The van der Waals surface area contributed by atoms with Crippen molar-refractivity contribution in [2.75, 3.05) is 20.2 Å². The molecule has 3 saturated heterocycles. The largest absolute Gasteiger partial charge is 0.466 e. The third kappa shape index (κ3) is 1.66. The van der Waals surface area contributed by atoms with E-state index in [1.165, 1.54) is 19.1 Å². The van der Waals surface area contributed by atoms with Crippen molar-refractivity contribution >= 4 is 5.97 Å². The fourth-order valence-electron chi connectivity index (χ4n) is 5.77. The molecule has 5 aliphatic rings.